The summed E-state index contributed by atoms with van der Waals surface area (Å²) < 4.78 is 4.51. The molecular formula is C11H13ClN2O3. The van der Waals surface area contributed by atoms with Gasteiger partial charge in [-0.3, -0.25) is 4.79 Å². The van der Waals surface area contributed by atoms with Crippen molar-refractivity contribution >= 4 is 23.6 Å². The Morgan fingerprint density at radius 2 is 2.18 bits per heavy atom. The first kappa shape index (κ1) is 13.3. The highest BCUT2D eigenvalue weighted by Gasteiger charge is 2.03. The molecule has 0 spiro atoms. The number of rotatable bonds is 5. The Labute approximate surface area is 104 Å². The number of amides is 2. The van der Waals surface area contributed by atoms with Crippen LogP contribution in [0.4, 0.5) is 4.79 Å². The van der Waals surface area contributed by atoms with Gasteiger partial charge in [-0.25, -0.2) is 4.79 Å². The third-order valence-corrected chi connectivity index (χ3v) is 2.15. The van der Waals surface area contributed by atoms with Crippen LogP contribution in [0, 0.1) is 0 Å². The minimum atomic E-state index is -0.685. The highest BCUT2D eigenvalue weighted by molar-refractivity contribution is 6.30. The number of carbonyl (C=O) groups excluding carboxylic acids is 2. The number of halogens is 1. The van der Waals surface area contributed by atoms with Gasteiger partial charge in [0.15, 0.2) is 6.61 Å². The SMILES string of the molecule is NC(=O)COC(=O)NCCc1cccc(Cl)c1. The Morgan fingerprint density at radius 3 is 2.82 bits per heavy atom. The van der Waals surface area contributed by atoms with Crippen LogP contribution in [0.25, 0.3) is 0 Å². The molecule has 17 heavy (non-hydrogen) atoms. The number of ether oxygens (including phenoxy) is 1. The van der Waals surface area contributed by atoms with E-state index in [-0.39, 0.29) is 0 Å². The highest BCUT2D eigenvalue weighted by Crippen LogP contribution is 2.10. The van der Waals surface area contributed by atoms with Gasteiger partial charge < -0.3 is 15.8 Å². The number of benzene rings is 1. The lowest BCUT2D eigenvalue weighted by atomic mass is 10.1. The van der Waals surface area contributed by atoms with Gasteiger partial charge in [0.1, 0.15) is 0 Å². The molecule has 0 unspecified atom stereocenters. The number of primary amides is 1. The van der Waals surface area contributed by atoms with E-state index in [2.05, 4.69) is 10.1 Å². The molecule has 5 nitrogen and oxygen atoms in total. The smallest absolute Gasteiger partial charge is 0.407 e. The van der Waals surface area contributed by atoms with E-state index < -0.39 is 18.6 Å². The Bertz CT molecular complexity index is 409. The molecule has 1 aromatic rings. The molecule has 0 heterocycles. The fraction of sp³-hybridized carbons (Fsp3) is 0.273. The summed E-state index contributed by atoms with van der Waals surface area (Å²) in [6.07, 6.45) is -0.0301. The van der Waals surface area contributed by atoms with Crippen LogP contribution in [0.1, 0.15) is 5.56 Å². The molecule has 0 saturated heterocycles. The van der Waals surface area contributed by atoms with Crippen molar-refractivity contribution in [2.45, 2.75) is 6.42 Å². The van der Waals surface area contributed by atoms with Gasteiger partial charge in [0, 0.05) is 11.6 Å². The molecule has 1 aromatic carbocycles. The largest absolute Gasteiger partial charge is 0.439 e. The third kappa shape index (κ3) is 5.77. The summed E-state index contributed by atoms with van der Waals surface area (Å²) in [5, 5.41) is 3.15. The fourth-order valence-corrected chi connectivity index (χ4v) is 1.40. The van der Waals surface area contributed by atoms with Gasteiger partial charge in [-0.1, -0.05) is 23.7 Å². The number of carbonyl (C=O) groups is 2. The number of alkyl carbamates (subject to hydrolysis) is 1. The molecule has 3 N–H and O–H groups in total. The van der Waals surface area contributed by atoms with Gasteiger partial charge in [0.25, 0.3) is 5.91 Å². The average molecular weight is 257 g/mol. The van der Waals surface area contributed by atoms with E-state index >= 15 is 0 Å². The normalized spacial score (nSPS) is 9.71. The molecule has 92 valence electrons. The van der Waals surface area contributed by atoms with Crippen LogP contribution in [-0.2, 0) is 16.0 Å². The summed E-state index contributed by atoms with van der Waals surface area (Å²) in [7, 11) is 0. The van der Waals surface area contributed by atoms with Crippen LogP contribution in [0.3, 0.4) is 0 Å². The van der Waals surface area contributed by atoms with Gasteiger partial charge in [0.2, 0.25) is 0 Å². The average Bonchev–Trinajstić information content (AvgIpc) is 2.26. The second-order valence-corrected chi connectivity index (χ2v) is 3.79. The summed E-state index contributed by atoms with van der Waals surface area (Å²) in [6.45, 7) is -0.0130. The molecule has 6 heteroatoms. The van der Waals surface area contributed by atoms with E-state index in [4.69, 9.17) is 17.3 Å². The second kappa shape index (κ2) is 6.75. The van der Waals surface area contributed by atoms with Gasteiger partial charge in [0.05, 0.1) is 0 Å². The van der Waals surface area contributed by atoms with Crippen molar-refractivity contribution in [1.29, 1.82) is 0 Å². The monoisotopic (exact) mass is 256 g/mol. The molecule has 0 aliphatic rings. The van der Waals surface area contributed by atoms with Crippen LogP contribution in [0.2, 0.25) is 5.02 Å². The van der Waals surface area contributed by atoms with E-state index in [0.717, 1.165) is 5.56 Å². The van der Waals surface area contributed by atoms with Crippen molar-refractivity contribution in [3.05, 3.63) is 34.9 Å². The van der Waals surface area contributed by atoms with Crippen LogP contribution < -0.4 is 11.1 Å². The standard InChI is InChI=1S/C11H13ClN2O3/c12-9-3-1-2-8(6-9)4-5-14-11(16)17-7-10(13)15/h1-3,6H,4-5,7H2,(H2,13,15)(H,14,16). The van der Waals surface area contributed by atoms with Crippen molar-refractivity contribution < 1.29 is 14.3 Å². The van der Waals surface area contributed by atoms with E-state index in [1.165, 1.54) is 0 Å². The molecule has 2 amide bonds. The molecule has 0 aromatic heterocycles. The summed E-state index contributed by atoms with van der Waals surface area (Å²) in [5.41, 5.74) is 5.83. The zero-order valence-corrected chi connectivity index (χ0v) is 9.87. The second-order valence-electron chi connectivity index (χ2n) is 3.35. The van der Waals surface area contributed by atoms with Crippen molar-refractivity contribution in [2.75, 3.05) is 13.2 Å². The number of hydrogen-bond donors (Lipinski definition) is 2. The highest BCUT2D eigenvalue weighted by atomic mass is 35.5. The maximum absolute atomic E-state index is 11.0. The topological polar surface area (TPSA) is 81.4 Å². The predicted molar refractivity (Wildman–Crippen MR) is 63.7 cm³/mol. The lowest BCUT2D eigenvalue weighted by Crippen LogP contribution is -2.30. The Morgan fingerprint density at radius 1 is 1.41 bits per heavy atom. The first-order valence-corrected chi connectivity index (χ1v) is 5.39. The number of nitrogens with one attached hydrogen (secondary N) is 1. The summed E-state index contributed by atoms with van der Waals surface area (Å²) in [4.78, 5) is 21.4. The summed E-state index contributed by atoms with van der Waals surface area (Å²) in [6, 6.07) is 7.34. The third-order valence-electron chi connectivity index (χ3n) is 1.92. The Balaban J connectivity index is 2.23. The maximum atomic E-state index is 11.0. The first-order chi connectivity index (χ1) is 8.08. The summed E-state index contributed by atoms with van der Waals surface area (Å²) in [5.74, 6) is -0.685. The Hall–Kier alpha value is -1.75. The van der Waals surface area contributed by atoms with E-state index in [0.29, 0.717) is 18.0 Å². The van der Waals surface area contributed by atoms with E-state index in [9.17, 15) is 9.59 Å². The molecule has 1 rings (SSSR count). The zero-order chi connectivity index (χ0) is 12.7. The maximum Gasteiger partial charge on any atom is 0.407 e. The number of hydrogen-bond acceptors (Lipinski definition) is 3. The lowest BCUT2D eigenvalue weighted by Gasteiger charge is -2.05. The molecule has 0 aliphatic carbocycles. The zero-order valence-electron chi connectivity index (χ0n) is 9.11. The van der Waals surface area contributed by atoms with Crippen molar-refractivity contribution in [3.8, 4) is 0 Å². The van der Waals surface area contributed by atoms with Crippen molar-refractivity contribution in [1.82, 2.24) is 5.32 Å². The molecular weight excluding hydrogens is 244 g/mol. The van der Waals surface area contributed by atoms with Crippen LogP contribution in [0.5, 0.6) is 0 Å². The molecule has 0 fully saturated rings. The molecule has 0 bridgehead atoms. The van der Waals surface area contributed by atoms with Gasteiger partial charge >= 0.3 is 6.09 Å². The Kier molecular flexibility index (Phi) is 5.29. The van der Waals surface area contributed by atoms with Crippen molar-refractivity contribution in [3.63, 3.8) is 0 Å². The lowest BCUT2D eigenvalue weighted by molar-refractivity contribution is -0.120. The quantitative estimate of drug-likeness (QED) is 0.828. The van der Waals surface area contributed by atoms with Gasteiger partial charge in [-0.15, -0.1) is 0 Å². The minimum Gasteiger partial charge on any atom is -0.439 e. The van der Waals surface area contributed by atoms with Crippen LogP contribution in [-0.4, -0.2) is 25.2 Å². The van der Waals surface area contributed by atoms with Crippen LogP contribution >= 0.6 is 11.6 Å². The van der Waals surface area contributed by atoms with Crippen molar-refractivity contribution in [2.24, 2.45) is 5.73 Å². The van der Waals surface area contributed by atoms with E-state index in [1.807, 2.05) is 18.2 Å². The fourth-order valence-electron chi connectivity index (χ4n) is 1.19. The molecule has 0 aliphatic heterocycles. The predicted octanol–water partition coefficient (Wildman–Crippen LogP) is 1.09. The molecule has 0 atom stereocenters. The van der Waals surface area contributed by atoms with Gasteiger partial charge in [-0.05, 0) is 24.1 Å². The molecule has 0 saturated carbocycles. The number of nitrogens with two attached hydrogens (primary N) is 1. The van der Waals surface area contributed by atoms with E-state index in [1.54, 1.807) is 6.07 Å². The minimum absolute atomic E-state index is 0.401. The first-order valence-electron chi connectivity index (χ1n) is 5.01. The summed E-state index contributed by atoms with van der Waals surface area (Å²) >= 11 is 5.81. The van der Waals surface area contributed by atoms with Gasteiger partial charge in [-0.2, -0.15) is 0 Å². The molecule has 0 radical (unpaired) electrons. The van der Waals surface area contributed by atoms with Crippen LogP contribution in [0.15, 0.2) is 24.3 Å².